The quantitative estimate of drug-likeness (QED) is 0.813. The summed E-state index contributed by atoms with van der Waals surface area (Å²) in [6.45, 7) is 4.87. The van der Waals surface area contributed by atoms with Crippen LogP contribution in [0.5, 0.6) is 0 Å². The van der Waals surface area contributed by atoms with Crippen molar-refractivity contribution in [3.63, 3.8) is 0 Å². The Labute approximate surface area is 127 Å². The molecule has 0 atom stereocenters. The summed E-state index contributed by atoms with van der Waals surface area (Å²) in [7, 11) is 0. The highest BCUT2D eigenvalue weighted by Gasteiger charge is 2.20. The summed E-state index contributed by atoms with van der Waals surface area (Å²) in [6.07, 6.45) is 4.41. The number of benzene rings is 1. The van der Waals surface area contributed by atoms with E-state index < -0.39 is 0 Å². The van der Waals surface area contributed by atoms with E-state index in [1.807, 2.05) is 12.1 Å². The summed E-state index contributed by atoms with van der Waals surface area (Å²) in [5, 5.41) is 8.68. The largest absolute Gasteiger partial charge is 0.395 e. The van der Waals surface area contributed by atoms with Crippen LogP contribution in [0, 0.1) is 23.6 Å². The van der Waals surface area contributed by atoms with Crippen molar-refractivity contribution in [2.75, 3.05) is 19.7 Å². The third-order valence-electron chi connectivity index (χ3n) is 4.10. The molecule has 1 aromatic carbocycles. The third-order valence-corrected chi connectivity index (χ3v) is 4.10. The molecule has 0 aliphatic heterocycles. The number of rotatable bonds is 6. The number of aliphatic hydroxyl groups is 1. The minimum Gasteiger partial charge on any atom is -0.395 e. The molecule has 0 radical (unpaired) electrons. The maximum absolute atomic E-state index is 14.1. The maximum atomic E-state index is 14.1. The van der Waals surface area contributed by atoms with Gasteiger partial charge >= 0.3 is 0 Å². The van der Waals surface area contributed by atoms with Crippen LogP contribution < -0.4 is 0 Å². The van der Waals surface area contributed by atoms with Crippen LogP contribution in [0.1, 0.15) is 43.7 Å². The Balaban J connectivity index is 1.97. The lowest BCUT2D eigenvalue weighted by Gasteiger charge is -2.31. The van der Waals surface area contributed by atoms with Crippen LogP contribution in [0.2, 0.25) is 0 Å². The molecular weight excluding hydrogens is 265 g/mol. The number of hydrogen-bond donors (Lipinski definition) is 1. The summed E-state index contributed by atoms with van der Waals surface area (Å²) in [5.74, 6) is 6.30. The molecule has 1 saturated carbocycles. The van der Waals surface area contributed by atoms with Gasteiger partial charge in [-0.25, -0.2) is 4.39 Å². The molecule has 0 bridgehead atoms. The van der Waals surface area contributed by atoms with E-state index in [-0.39, 0.29) is 12.4 Å². The molecule has 2 rings (SSSR count). The van der Waals surface area contributed by atoms with Gasteiger partial charge in [0.15, 0.2) is 0 Å². The zero-order chi connectivity index (χ0) is 15.1. The summed E-state index contributed by atoms with van der Waals surface area (Å²) in [4.78, 5) is 2.32. The molecule has 0 spiro atoms. The highest BCUT2D eigenvalue weighted by Crippen LogP contribution is 2.27. The van der Waals surface area contributed by atoms with Gasteiger partial charge in [-0.2, -0.15) is 0 Å². The minimum absolute atomic E-state index is 0.0419. The fourth-order valence-electron chi connectivity index (χ4n) is 2.56. The second kappa shape index (κ2) is 8.17. The normalized spacial score (nSPS) is 14.7. The molecule has 2 nitrogen and oxygen atoms in total. The first-order chi connectivity index (χ1) is 10.2. The summed E-state index contributed by atoms with van der Waals surface area (Å²) in [5.41, 5.74) is 1.41. The standard InChI is InChI=1S/C18H24FNO/c1-2-20(13-16-7-5-8-16)14-17-10-9-15(12-18(17)19)6-3-4-11-21/h9-10,12,16,21H,2,4-5,7-8,11,13-14H2,1H3. The van der Waals surface area contributed by atoms with E-state index in [4.69, 9.17) is 5.11 Å². The van der Waals surface area contributed by atoms with Crippen molar-refractivity contribution in [2.24, 2.45) is 5.92 Å². The highest BCUT2D eigenvalue weighted by molar-refractivity contribution is 5.37. The van der Waals surface area contributed by atoms with E-state index in [0.29, 0.717) is 18.5 Å². The van der Waals surface area contributed by atoms with E-state index in [0.717, 1.165) is 24.6 Å². The molecule has 0 aromatic heterocycles. The average Bonchev–Trinajstić information content (AvgIpc) is 2.44. The maximum Gasteiger partial charge on any atom is 0.128 e. The number of aliphatic hydroxyl groups excluding tert-OH is 1. The van der Waals surface area contributed by atoms with Gasteiger partial charge in [-0.3, -0.25) is 4.90 Å². The molecule has 1 aromatic rings. The van der Waals surface area contributed by atoms with Crippen molar-refractivity contribution in [3.8, 4) is 11.8 Å². The lowest BCUT2D eigenvalue weighted by molar-refractivity contribution is 0.177. The summed E-state index contributed by atoms with van der Waals surface area (Å²) < 4.78 is 14.1. The number of halogens is 1. The van der Waals surface area contributed by atoms with Gasteiger partial charge < -0.3 is 5.11 Å². The Hall–Kier alpha value is -1.37. The lowest BCUT2D eigenvalue weighted by Crippen LogP contribution is -2.32. The second-order valence-corrected chi connectivity index (χ2v) is 5.71. The van der Waals surface area contributed by atoms with Gasteiger partial charge in [0.25, 0.3) is 0 Å². The molecule has 1 N–H and O–H groups in total. The molecule has 1 aliphatic rings. The Morgan fingerprint density at radius 2 is 2.19 bits per heavy atom. The van der Waals surface area contributed by atoms with Crippen LogP contribution in [0.3, 0.4) is 0 Å². The molecule has 0 heterocycles. The van der Waals surface area contributed by atoms with Gasteiger partial charge in [0, 0.05) is 30.6 Å². The Morgan fingerprint density at radius 1 is 1.38 bits per heavy atom. The first-order valence-electron chi connectivity index (χ1n) is 7.83. The molecular formula is C18H24FNO. The fourth-order valence-corrected chi connectivity index (χ4v) is 2.56. The molecule has 0 unspecified atom stereocenters. The van der Waals surface area contributed by atoms with Gasteiger partial charge in [0.1, 0.15) is 5.82 Å². The van der Waals surface area contributed by atoms with E-state index in [2.05, 4.69) is 23.7 Å². The van der Waals surface area contributed by atoms with Gasteiger partial charge in [0.05, 0.1) is 6.61 Å². The highest BCUT2D eigenvalue weighted by atomic mass is 19.1. The molecule has 1 aliphatic carbocycles. The molecule has 3 heteroatoms. The zero-order valence-electron chi connectivity index (χ0n) is 12.7. The van der Waals surface area contributed by atoms with Gasteiger partial charge in [-0.1, -0.05) is 31.3 Å². The number of hydrogen-bond acceptors (Lipinski definition) is 2. The molecule has 0 saturated heterocycles. The van der Waals surface area contributed by atoms with Crippen molar-refractivity contribution in [1.82, 2.24) is 4.90 Å². The molecule has 21 heavy (non-hydrogen) atoms. The fraction of sp³-hybridized carbons (Fsp3) is 0.556. The van der Waals surface area contributed by atoms with Gasteiger partial charge in [0.2, 0.25) is 0 Å². The van der Waals surface area contributed by atoms with Gasteiger partial charge in [-0.05, 0) is 37.4 Å². The van der Waals surface area contributed by atoms with E-state index in [1.54, 1.807) is 0 Å². The van der Waals surface area contributed by atoms with E-state index in [1.165, 1.54) is 25.3 Å². The Bertz CT molecular complexity index is 514. The van der Waals surface area contributed by atoms with Crippen LogP contribution >= 0.6 is 0 Å². The lowest BCUT2D eigenvalue weighted by atomic mass is 9.85. The first-order valence-corrected chi connectivity index (χ1v) is 7.83. The van der Waals surface area contributed by atoms with Crippen molar-refractivity contribution >= 4 is 0 Å². The van der Waals surface area contributed by atoms with Crippen molar-refractivity contribution in [3.05, 3.63) is 35.1 Å². The molecule has 1 fully saturated rings. The molecule has 0 amide bonds. The molecule has 114 valence electrons. The zero-order valence-corrected chi connectivity index (χ0v) is 12.7. The predicted molar refractivity (Wildman–Crippen MR) is 83.3 cm³/mol. The van der Waals surface area contributed by atoms with Crippen LogP contribution in [-0.2, 0) is 6.54 Å². The predicted octanol–water partition coefficient (Wildman–Crippen LogP) is 3.18. The topological polar surface area (TPSA) is 23.5 Å². The van der Waals surface area contributed by atoms with Crippen molar-refractivity contribution in [2.45, 2.75) is 39.2 Å². The summed E-state index contributed by atoms with van der Waals surface area (Å²) >= 11 is 0. The number of nitrogens with zero attached hydrogens (tertiary/aromatic N) is 1. The van der Waals surface area contributed by atoms with Crippen molar-refractivity contribution in [1.29, 1.82) is 0 Å². The van der Waals surface area contributed by atoms with Crippen LogP contribution in [0.25, 0.3) is 0 Å². The third kappa shape index (κ3) is 4.84. The van der Waals surface area contributed by atoms with Crippen LogP contribution in [0.15, 0.2) is 18.2 Å². The van der Waals surface area contributed by atoms with Gasteiger partial charge in [-0.15, -0.1) is 0 Å². The monoisotopic (exact) mass is 289 g/mol. The van der Waals surface area contributed by atoms with E-state index >= 15 is 0 Å². The summed E-state index contributed by atoms with van der Waals surface area (Å²) in [6, 6.07) is 5.19. The Kier molecular flexibility index (Phi) is 6.22. The average molecular weight is 289 g/mol. The SMILES string of the molecule is CCN(Cc1ccc(C#CCCO)cc1F)CC1CCC1. The van der Waals surface area contributed by atoms with E-state index in [9.17, 15) is 4.39 Å². The smallest absolute Gasteiger partial charge is 0.128 e. The van der Waals surface area contributed by atoms with Crippen LogP contribution in [-0.4, -0.2) is 29.7 Å². The minimum atomic E-state index is -0.183. The first kappa shape index (κ1) is 16.0. The second-order valence-electron chi connectivity index (χ2n) is 5.71. The Morgan fingerprint density at radius 3 is 2.76 bits per heavy atom. The van der Waals surface area contributed by atoms with Crippen LogP contribution in [0.4, 0.5) is 4.39 Å². The van der Waals surface area contributed by atoms with Crippen molar-refractivity contribution < 1.29 is 9.50 Å².